The molecule has 1 atom stereocenters. The van der Waals surface area contributed by atoms with E-state index in [0.717, 1.165) is 17.3 Å². The number of aromatic nitrogens is 4. The van der Waals surface area contributed by atoms with Crippen molar-refractivity contribution in [2.75, 3.05) is 13.1 Å². The predicted molar refractivity (Wildman–Crippen MR) is 97.9 cm³/mol. The molecule has 0 N–H and O–H groups in total. The number of carbonyl (C=O) groups excluding carboxylic acids is 1. The fourth-order valence-electron chi connectivity index (χ4n) is 2.81. The molecule has 0 saturated carbocycles. The second-order valence-corrected chi connectivity index (χ2v) is 7.21. The van der Waals surface area contributed by atoms with Crippen LogP contribution in [0, 0.1) is 13.8 Å². The van der Waals surface area contributed by atoms with Crippen LogP contribution in [0.2, 0.25) is 0 Å². The van der Waals surface area contributed by atoms with E-state index >= 15 is 0 Å². The van der Waals surface area contributed by atoms with Gasteiger partial charge in [0.1, 0.15) is 12.6 Å². The molecule has 0 aromatic carbocycles. The van der Waals surface area contributed by atoms with Crippen molar-refractivity contribution < 1.29 is 9.53 Å². The highest BCUT2D eigenvalue weighted by Gasteiger charge is 2.26. The van der Waals surface area contributed by atoms with Crippen molar-refractivity contribution in [2.45, 2.75) is 39.3 Å². The van der Waals surface area contributed by atoms with Crippen molar-refractivity contribution in [3.8, 4) is 6.01 Å². The van der Waals surface area contributed by atoms with Gasteiger partial charge in [0.05, 0.1) is 17.3 Å². The van der Waals surface area contributed by atoms with Crippen LogP contribution in [0.15, 0.2) is 28.0 Å². The molecule has 138 valence electrons. The topological polar surface area (TPSA) is 90.2 Å². The standard InChI is InChI=1S/C17H20BrN5O3/c1-11-12(2)21-10-23(16(11)25)9-15(24)22-5-3-4-14(8-22)26-17-19-6-13(18)7-20-17/h6-7,10,14H,3-5,8-9H2,1-2H3. The minimum atomic E-state index is -0.182. The number of nitrogens with zero attached hydrogens (tertiary/aromatic N) is 5. The molecule has 1 fully saturated rings. The number of halogens is 1. The van der Waals surface area contributed by atoms with Gasteiger partial charge in [-0.3, -0.25) is 14.2 Å². The molecule has 0 aliphatic carbocycles. The van der Waals surface area contributed by atoms with Crippen molar-refractivity contribution in [3.63, 3.8) is 0 Å². The Morgan fingerprint density at radius 2 is 2.04 bits per heavy atom. The van der Waals surface area contributed by atoms with Gasteiger partial charge in [0.2, 0.25) is 5.91 Å². The molecule has 1 amide bonds. The Hall–Kier alpha value is -2.29. The van der Waals surface area contributed by atoms with Gasteiger partial charge in [0.15, 0.2) is 0 Å². The molecule has 1 saturated heterocycles. The summed E-state index contributed by atoms with van der Waals surface area (Å²) < 4.78 is 7.91. The number of ether oxygens (including phenoxy) is 1. The van der Waals surface area contributed by atoms with Crippen LogP contribution in [0.25, 0.3) is 0 Å². The Morgan fingerprint density at radius 3 is 2.77 bits per heavy atom. The first kappa shape index (κ1) is 18.5. The van der Waals surface area contributed by atoms with Gasteiger partial charge in [0.25, 0.3) is 5.56 Å². The summed E-state index contributed by atoms with van der Waals surface area (Å²) in [7, 11) is 0. The summed E-state index contributed by atoms with van der Waals surface area (Å²) >= 11 is 3.28. The molecule has 0 bridgehead atoms. The number of piperidine rings is 1. The third kappa shape index (κ3) is 4.27. The molecule has 1 aliphatic heterocycles. The van der Waals surface area contributed by atoms with Crippen LogP contribution in [-0.2, 0) is 11.3 Å². The van der Waals surface area contributed by atoms with Gasteiger partial charge in [0, 0.05) is 30.2 Å². The quantitative estimate of drug-likeness (QED) is 0.742. The molecule has 3 rings (SSSR count). The van der Waals surface area contributed by atoms with Crippen LogP contribution in [0.5, 0.6) is 6.01 Å². The molecule has 1 unspecified atom stereocenters. The SMILES string of the molecule is Cc1ncn(CC(=O)N2CCCC(Oc3ncc(Br)cn3)C2)c(=O)c1C. The maximum atomic E-state index is 12.6. The van der Waals surface area contributed by atoms with E-state index in [4.69, 9.17) is 4.74 Å². The Kier molecular flexibility index (Phi) is 5.65. The van der Waals surface area contributed by atoms with Crippen LogP contribution >= 0.6 is 15.9 Å². The molecular formula is C17H20BrN5O3. The van der Waals surface area contributed by atoms with Crippen LogP contribution in [0.3, 0.4) is 0 Å². The summed E-state index contributed by atoms with van der Waals surface area (Å²) in [6.45, 7) is 4.57. The van der Waals surface area contributed by atoms with E-state index in [0.29, 0.717) is 30.4 Å². The highest BCUT2D eigenvalue weighted by Crippen LogP contribution is 2.16. The first-order chi connectivity index (χ1) is 12.4. The Labute approximate surface area is 159 Å². The van der Waals surface area contributed by atoms with Crippen LogP contribution in [0.1, 0.15) is 24.1 Å². The van der Waals surface area contributed by atoms with Crippen molar-refractivity contribution in [2.24, 2.45) is 0 Å². The number of carbonyl (C=O) groups is 1. The van der Waals surface area contributed by atoms with Gasteiger partial charge in [-0.15, -0.1) is 0 Å². The van der Waals surface area contributed by atoms with E-state index in [2.05, 4.69) is 30.9 Å². The first-order valence-corrected chi connectivity index (χ1v) is 9.18. The van der Waals surface area contributed by atoms with Crippen LogP contribution in [0.4, 0.5) is 0 Å². The molecule has 1 aliphatic rings. The number of rotatable bonds is 4. The van der Waals surface area contributed by atoms with Gasteiger partial charge in [-0.25, -0.2) is 15.0 Å². The van der Waals surface area contributed by atoms with Gasteiger partial charge in [-0.1, -0.05) is 0 Å². The lowest BCUT2D eigenvalue weighted by Crippen LogP contribution is -2.46. The number of likely N-dealkylation sites (tertiary alicyclic amines) is 1. The highest BCUT2D eigenvalue weighted by atomic mass is 79.9. The van der Waals surface area contributed by atoms with Gasteiger partial charge >= 0.3 is 6.01 Å². The number of hydrogen-bond acceptors (Lipinski definition) is 6. The van der Waals surface area contributed by atoms with E-state index in [1.165, 1.54) is 10.9 Å². The van der Waals surface area contributed by atoms with Crippen molar-refractivity contribution in [1.82, 2.24) is 24.4 Å². The Balaban J connectivity index is 1.63. The zero-order valence-corrected chi connectivity index (χ0v) is 16.3. The second kappa shape index (κ2) is 7.94. The van der Waals surface area contributed by atoms with E-state index in [1.54, 1.807) is 31.1 Å². The van der Waals surface area contributed by atoms with Crippen molar-refractivity contribution in [3.05, 3.63) is 44.8 Å². The third-order valence-corrected chi connectivity index (χ3v) is 4.83. The summed E-state index contributed by atoms with van der Waals surface area (Å²) in [5.74, 6) is -0.123. The maximum absolute atomic E-state index is 12.6. The van der Waals surface area contributed by atoms with Crippen LogP contribution in [-0.4, -0.2) is 49.5 Å². The molecule has 9 heteroatoms. The number of hydrogen-bond donors (Lipinski definition) is 0. The minimum Gasteiger partial charge on any atom is -0.458 e. The molecule has 2 aromatic heterocycles. The largest absolute Gasteiger partial charge is 0.458 e. The molecule has 8 nitrogen and oxygen atoms in total. The van der Waals surface area contributed by atoms with Crippen LogP contribution < -0.4 is 10.3 Å². The fraction of sp³-hybridized carbons (Fsp3) is 0.471. The van der Waals surface area contributed by atoms with Crippen molar-refractivity contribution >= 4 is 21.8 Å². The molecule has 0 spiro atoms. The average molecular weight is 422 g/mol. The predicted octanol–water partition coefficient (Wildman–Crippen LogP) is 1.48. The lowest BCUT2D eigenvalue weighted by atomic mass is 10.1. The zero-order chi connectivity index (χ0) is 18.7. The summed E-state index contributed by atoms with van der Waals surface area (Å²) in [4.78, 5) is 38.9. The first-order valence-electron chi connectivity index (χ1n) is 8.38. The monoisotopic (exact) mass is 421 g/mol. The Morgan fingerprint density at radius 1 is 1.31 bits per heavy atom. The smallest absolute Gasteiger partial charge is 0.316 e. The summed E-state index contributed by atoms with van der Waals surface area (Å²) in [5, 5.41) is 0. The molecule has 3 heterocycles. The van der Waals surface area contributed by atoms with E-state index in [-0.39, 0.29) is 24.1 Å². The highest BCUT2D eigenvalue weighted by molar-refractivity contribution is 9.10. The minimum absolute atomic E-state index is 0.0194. The van der Waals surface area contributed by atoms with E-state index < -0.39 is 0 Å². The summed E-state index contributed by atoms with van der Waals surface area (Å²) in [6, 6.07) is 0.294. The average Bonchev–Trinajstić information content (AvgIpc) is 2.64. The zero-order valence-electron chi connectivity index (χ0n) is 14.7. The molecule has 2 aromatic rings. The van der Waals surface area contributed by atoms with Gasteiger partial charge < -0.3 is 9.64 Å². The van der Waals surface area contributed by atoms with E-state index in [9.17, 15) is 9.59 Å². The van der Waals surface area contributed by atoms with E-state index in [1.807, 2.05) is 0 Å². The Bertz CT molecular complexity index is 852. The van der Waals surface area contributed by atoms with Gasteiger partial charge in [-0.2, -0.15) is 0 Å². The van der Waals surface area contributed by atoms with Crippen molar-refractivity contribution in [1.29, 1.82) is 0 Å². The molecular weight excluding hydrogens is 402 g/mol. The number of amides is 1. The third-order valence-electron chi connectivity index (χ3n) is 4.42. The normalized spacial score (nSPS) is 17.2. The maximum Gasteiger partial charge on any atom is 0.316 e. The number of aryl methyl sites for hydroxylation is 1. The summed E-state index contributed by atoms with van der Waals surface area (Å²) in [6.07, 6.45) is 6.15. The summed E-state index contributed by atoms with van der Waals surface area (Å²) in [5.41, 5.74) is 1.06. The molecule has 26 heavy (non-hydrogen) atoms. The lowest BCUT2D eigenvalue weighted by molar-refractivity contribution is -0.134. The van der Waals surface area contributed by atoms with Gasteiger partial charge in [-0.05, 0) is 42.6 Å². The second-order valence-electron chi connectivity index (χ2n) is 6.29. The molecule has 0 radical (unpaired) electrons. The fourth-order valence-corrected chi connectivity index (χ4v) is 3.01. The lowest BCUT2D eigenvalue weighted by Gasteiger charge is -2.32.